The second-order valence-corrected chi connectivity index (χ2v) is 6.60. The third-order valence-corrected chi connectivity index (χ3v) is 4.75. The third kappa shape index (κ3) is 3.42. The largest absolute Gasteiger partial charge is 0.400 e. The summed E-state index contributed by atoms with van der Waals surface area (Å²) in [5.41, 5.74) is 1.02. The molecule has 1 amide bonds. The second kappa shape index (κ2) is 7.34. The summed E-state index contributed by atoms with van der Waals surface area (Å²) in [5.74, 6) is -2.70. The molecule has 1 fully saturated rings. The molecular weight excluding hydrogens is 364 g/mol. The molecule has 3 aliphatic heterocycles. The molecule has 1 aromatic carbocycles. The summed E-state index contributed by atoms with van der Waals surface area (Å²) in [6, 6.07) is 7.04. The van der Waals surface area contributed by atoms with E-state index in [1.54, 1.807) is 18.2 Å². The number of carbonyl (C=O) groups is 3. The molecule has 1 spiro atoms. The lowest BCUT2D eigenvalue weighted by molar-refractivity contribution is -0.256. The van der Waals surface area contributed by atoms with Crippen LogP contribution >= 0.6 is 0 Å². The summed E-state index contributed by atoms with van der Waals surface area (Å²) in [5, 5.41) is 6.38. The summed E-state index contributed by atoms with van der Waals surface area (Å²) in [6.07, 6.45) is 2.78. The highest BCUT2D eigenvalue weighted by Crippen LogP contribution is 2.35. The molecule has 0 unspecified atom stereocenters. The fraction of sp³-hybridized carbons (Fsp3) is 0.368. The molecule has 0 aromatic heterocycles. The number of nitrogens with zero attached hydrogens (tertiary/aromatic N) is 2. The van der Waals surface area contributed by atoms with Gasteiger partial charge in [-0.1, -0.05) is 12.1 Å². The third-order valence-electron chi connectivity index (χ3n) is 4.75. The topological polar surface area (TPSA) is 109 Å². The molecule has 2 N–H and O–H groups in total. The van der Waals surface area contributed by atoms with E-state index in [-0.39, 0.29) is 12.3 Å². The Bertz CT molecular complexity index is 859. The van der Waals surface area contributed by atoms with Crippen molar-refractivity contribution >= 4 is 29.4 Å². The predicted molar refractivity (Wildman–Crippen MR) is 99.6 cm³/mol. The number of ether oxygens (including phenoxy) is 2. The van der Waals surface area contributed by atoms with Gasteiger partial charge in [-0.05, 0) is 18.6 Å². The average Bonchev–Trinajstić information content (AvgIpc) is 3.31. The van der Waals surface area contributed by atoms with Crippen LogP contribution in [0.4, 0.5) is 5.69 Å². The SMILES string of the molecule is O=C1C=CC(=O)OC2(CCCN2C(=O)c2ccccc2NCC2=NCCN2)O1. The molecule has 146 valence electrons. The minimum Gasteiger partial charge on any atom is -0.400 e. The highest BCUT2D eigenvalue weighted by molar-refractivity contribution is 6.01. The molecule has 1 aromatic rings. The van der Waals surface area contributed by atoms with Gasteiger partial charge in [0.15, 0.2) is 0 Å². The van der Waals surface area contributed by atoms with E-state index in [0.29, 0.717) is 30.8 Å². The normalized spacial score (nSPS) is 20.3. The van der Waals surface area contributed by atoms with Gasteiger partial charge in [0, 0.05) is 37.3 Å². The lowest BCUT2D eigenvalue weighted by Gasteiger charge is -2.35. The second-order valence-electron chi connectivity index (χ2n) is 6.60. The van der Waals surface area contributed by atoms with Crippen molar-refractivity contribution < 1.29 is 23.9 Å². The average molecular weight is 384 g/mol. The molecule has 9 nitrogen and oxygen atoms in total. The van der Waals surface area contributed by atoms with Gasteiger partial charge in [-0.3, -0.25) is 14.7 Å². The Kier molecular flexibility index (Phi) is 4.72. The van der Waals surface area contributed by atoms with Gasteiger partial charge in [0.25, 0.3) is 5.91 Å². The zero-order valence-electron chi connectivity index (χ0n) is 15.1. The van der Waals surface area contributed by atoms with E-state index in [4.69, 9.17) is 9.47 Å². The van der Waals surface area contributed by atoms with Crippen LogP contribution in [0, 0.1) is 0 Å². The van der Waals surface area contributed by atoms with Crippen molar-refractivity contribution in [3.63, 3.8) is 0 Å². The zero-order chi connectivity index (χ0) is 19.6. The lowest BCUT2D eigenvalue weighted by atomic mass is 10.1. The number of nitrogens with one attached hydrogen (secondary N) is 2. The van der Waals surface area contributed by atoms with Gasteiger partial charge in [0.1, 0.15) is 5.84 Å². The first-order valence-electron chi connectivity index (χ1n) is 9.13. The Morgan fingerprint density at radius 3 is 2.68 bits per heavy atom. The summed E-state index contributed by atoms with van der Waals surface area (Å²) < 4.78 is 10.7. The van der Waals surface area contributed by atoms with Gasteiger partial charge in [0.2, 0.25) is 0 Å². The lowest BCUT2D eigenvalue weighted by Crippen LogP contribution is -2.52. The van der Waals surface area contributed by atoms with Gasteiger partial charge in [0.05, 0.1) is 18.7 Å². The van der Waals surface area contributed by atoms with Crippen LogP contribution in [0.1, 0.15) is 23.2 Å². The van der Waals surface area contributed by atoms with E-state index in [2.05, 4.69) is 15.6 Å². The number of likely N-dealkylation sites (tertiary alicyclic amines) is 1. The van der Waals surface area contributed by atoms with Crippen molar-refractivity contribution in [1.82, 2.24) is 10.2 Å². The number of benzene rings is 1. The maximum Gasteiger partial charge on any atom is 0.345 e. The van der Waals surface area contributed by atoms with Crippen LogP contribution < -0.4 is 10.6 Å². The zero-order valence-corrected chi connectivity index (χ0v) is 15.1. The van der Waals surface area contributed by atoms with E-state index in [1.165, 1.54) is 4.90 Å². The highest BCUT2D eigenvalue weighted by Gasteiger charge is 2.52. The van der Waals surface area contributed by atoms with E-state index in [0.717, 1.165) is 31.1 Å². The highest BCUT2D eigenvalue weighted by atomic mass is 16.8. The minimum absolute atomic E-state index is 0.230. The van der Waals surface area contributed by atoms with Gasteiger partial charge >= 0.3 is 17.8 Å². The fourth-order valence-corrected chi connectivity index (χ4v) is 3.49. The standard InChI is InChI=1S/C19H20N4O5/c24-16-6-7-17(25)28-19(27-16)8-3-11-23(19)18(26)13-4-1-2-5-14(13)22-12-15-20-9-10-21-15/h1-2,4-7,22H,3,8-12H2,(H,20,21). The van der Waals surface area contributed by atoms with Crippen molar-refractivity contribution in [2.24, 2.45) is 4.99 Å². The Morgan fingerprint density at radius 2 is 1.96 bits per heavy atom. The van der Waals surface area contributed by atoms with Crippen LogP contribution in [-0.2, 0) is 19.1 Å². The van der Waals surface area contributed by atoms with Gasteiger partial charge in [-0.2, -0.15) is 0 Å². The van der Waals surface area contributed by atoms with Crippen LogP contribution in [0.15, 0.2) is 41.4 Å². The molecule has 3 aliphatic rings. The number of amides is 1. The number of hydrogen-bond donors (Lipinski definition) is 2. The summed E-state index contributed by atoms with van der Waals surface area (Å²) >= 11 is 0. The molecule has 28 heavy (non-hydrogen) atoms. The van der Waals surface area contributed by atoms with Crippen molar-refractivity contribution in [2.75, 3.05) is 31.5 Å². The number of hydrogen-bond acceptors (Lipinski definition) is 8. The predicted octanol–water partition coefficient (Wildman–Crippen LogP) is 0.646. The number of para-hydroxylation sites is 1. The van der Waals surface area contributed by atoms with Crippen molar-refractivity contribution in [3.05, 3.63) is 42.0 Å². The number of aliphatic imine (C=N–C) groups is 1. The van der Waals surface area contributed by atoms with Crippen molar-refractivity contribution in [2.45, 2.75) is 18.8 Å². The van der Waals surface area contributed by atoms with E-state index in [9.17, 15) is 14.4 Å². The number of amidine groups is 1. The molecule has 4 rings (SSSR count). The molecule has 3 heterocycles. The minimum atomic E-state index is -1.71. The van der Waals surface area contributed by atoms with Crippen LogP contribution in [0.25, 0.3) is 0 Å². The molecule has 0 atom stereocenters. The monoisotopic (exact) mass is 384 g/mol. The van der Waals surface area contributed by atoms with Gasteiger partial charge < -0.3 is 20.1 Å². The Morgan fingerprint density at radius 1 is 1.21 bits per heavy atom. The fourth-order valence-electron chi connectivity index (χ4n) is 3.49. The summed E-state index contributed by atoms with van der Waals surface area (Å²) in [4.78, 5) is 42.7. The summed E-state index contributed by atoms with van der Waals surface area (Å²) in [7, 11) is 0. The van der Waals surface area contributed by atoms with Crippen molar-refractivity contribution in [3.8, 4) is 0 Å². The molecule has 0 saturated carbocycles. The molecular formula is C19H20N4O5. The Hall–Kier alpha value is -3.36. The molecule has 0 radical (unpaired) electrons. The smallest absolute Gasteiger partial charge is 0.345 e. The molecule has 1 saturated heterocycles. The van der Waals surface area contributed by atoms with E-state index in [1.807, 2.05) is 6.07 Å². The van der Waals surface area contributed by atoms with Crippen LogP contribution in [0.3, 0.4) is 0 Å². The number of rotatable bonds is 4. The van der Waals surface area contributed by atoms with E-state index >= 15 is 0 Å². The molecule has 0 bridgehead atoms. The number of anilines is 1. The number of esters is 2. The first-order valence-corrected chi connectivity index (χ1v) is 9.13. The maximum atomic E-state index is 13.3. The van der Waals surface area contributed by atoms with Crippen LogP contribution in [0.5, 0.6) is 0 Å². The van der Waals surface area contributed by atoms with Crippen LogP contribution in [0.2, 0.25) is 0 Å². The Balaban J connectivity index is 1.58. The van der Waals surface area contributed by atoms with Crippen molar-refractivity contribution in [1.29, 1.82) is 0 Å². The summed E-state index contributed by atoms with van der Waals surface area (Å²) in [6.45, 7) is 2.31. The van der Waals surface area contributed by atoms with Crippen LogP contribution in [-0.4, -0.2) is 60.7 Å². The molecule has 9 heteroatoms. The quantitative estimate of drug-likeness (QED) is 0.734. The first-order chi connectivity index (χ1) is 13.6. The van der Waals surface area contributed by atoms with E-state index < -0.39 is 17.8 Å². The maximum absolute atomic E-state index is 13.3. The van der Waals surface area contributed by atoms with Gasteiger partial charge in [-0.25, -0.2) is 9.59 Å². The van der Waals surface area contributed by atoms with Gasteiger partial charge in [-0.15, -0.1) is 0 Å². The number of carbonyl (C=O) groups excluding carboxylic acids is 3. The Labute approximate surface area is 161 Å². The first kappa shape index (κ1) is 18.0. The molecule has 0 aliphatic carbocycles.